The van der Waals surface area contributed by atoms with E-state index in [1.54, 1.807) is 35.2 Å². The first kappa shape index (κ1) is 18.6. The Morgan fingerprint density at radius 1 is 1.22 bits per heavy atom. The summed E-state index contributed by atoms with van der Waals surface area (Å²) in [6, 6.07) is 11.2. The predicted octanol–water partition coefficient (Wildman–Crippen LogP) is 1.85. The average molecular weight is 390 g/mol. The van der Waals surface area contributed by atoms with Gasteiger partial charge in [0, 0.05) is 18.3 Å². The minimum atomic E-state index is -4.00. The van der Waals surface area contributed by atoms with Crippen LogP contribution in [0.4, 0.5) is 17.1 Å². The molecule has 1 saturated heterocycles. The van der Waals surface area contributed by atoms with E-state index in [4.69, 9.17) is 5.73 Å². The number of nitrogens with two attached hydrogens (primary N) is 1. The van der Waals surface area contributed by atoms with Crippen molar-refractivity contribution in [2.24, 2.45) is 5.73 Å². The lowest BCUT2D eigenvalue weighted by atomic mass is 10.2. The number of para-hydroxylation sites is 1. The number of hydrogen-bond acceptors (Lipinski definition) is 6. The average Bonchev–Trinajstić information content (AvgIpc) is 3.11. The van der Waals surface area contributed by atoms with Crippen molar-refractivity contribution < 1.29 is 18.1 Å². The molecule has 142 valence electrons. The third kappa shape index (κ3) is 3.85. The Morgan fingerprint density at radius 2 is 1.93 bits per heavy atom. The van der Waals surface area contributed by atoms with E-state index in [-0.39, 0.29) is 16.3 Å². The molecule has 0 bridgehead atoms. The number of nitrogens with one attached hydrogen (secondary N) is 1. The van der Waals surface area contributed by atoms with E-state index in [2.05, 4.69) is 4.72 Å². The van der Waals surface area contributed by atoms with Crippen LogP contribution in [0.3, 0.4) is 0 Å². The van der Waals surface area contributed by atoms with Gasteiger partial charge in [0.2, 0.25) is 5.91 Å². The quantitative estimate of drug-likeness (QED) is 0.571. The monoisotopic (exact) mass is 390 g/mol. The SMILES string of the molecule is NC(=O)C1CCCN1c1ccc(S(=O)(=O)Nc2ccccc2)cc1[N+](=O)[O-]. The van der Waals surface area contributed by atoms with Crippen molar-refractivity contribution in [1.29, 1.82) is 0 Å². The Hall–Kier alpha value is -3.14. The number of rotatable bonds is 6. The molecule has 0 aromatic heterocycles. The first-order chi connectivity index (χ1) is 12.8. The summed E-state index contributed by atoms with van der Waals surface area (Å²) in [6.45, 7) is 0.433. The zero-order valence-corrected chi connectivity index (χ0v) is 15.1. The fourth-order valence-electron chi connectivity index (χ4n) is 3.13. The number of sulfonamides is 1. The largest absolute Gasteiger partial charge is 0.368 e. The Labute approximate surface area is 156 Å². The van der Waals surface area contributed by atoms with Gasteiger partial charge in [-0.25, -0.2) is 8.42 Å². The van der Waals surface area contributed by atoms with Gasteiger partial charge in [0.05, 0.1) is 9.82 Å². The second-order valence-electron chi connectivity index (χ2n) is 6.13. The molecule has 1 heterocycles. The number of benzene rings is 2. The number of hydrogen-bond donors (Lipinski definition) is 2. The number of carbonyl (C=O) groups excluding carboxylic acids is 1. The number of nitro groups is 1. The lowest BCUT2D eigenvalue weighted by Crippen LogP contribution is -2.40. The number of nitro benzene ring substituents is 1. The molecule has 3 N–H and O–H groups in total. The molecular weight excluding hydrogens is 372 g/mol. The van der Waals surface area contributed by atoms with E-state index in [0.717, 1.165) is 6.07 Å². The first-order valence-corrected chi connectivity index (χ1v) is 9.70. The van der Waals surface area contributed by atoms with Gasteiger partial charge < -0.3 is 10.6 Å². The fourth-order valence-corrected chi connectivity index (χ4v) is 4.21. The lowest BCUT2D eigenvalue weighted by molar-refractivity contribution is -0.384. The second-order valence-corrected chi connectivity index (χ2v) is 7.82. The molecule has 2 aromatic rings. The van der Waals surface area contributed by atoms with Crippen molar-refractivity contribution in [1.82, 2.24) is 0 Å². The number of primary amides is 1. The zero-order valence-electron chi connectivity index (χ0n) is 14.2. The second kappa shape index (κ2) is 7.23. The molecular formula is C17H18N4O5S. The van der Waals surface area contributed by atoms with E-state index in [1.165, 1.54) is 12.1 Å². The van der Waals surface area contributed by atoms with Crippen LogP contribution in [0.2, 0.25) is 0 Å². The maximum atomic E-state index is 12.6. The Bertz CT molecular complexity index is 978. The van der Waals surface area contributed by atoms with Crippen molar-refractivity contribution in [3.8, 4) is 0 Å². The van der Waals surface area contributed by atoms with Crippen LogP contribution in [0.1, 0.15) is 12.8 Å². The molecule has 1 fully saturated rings. The van der Waals surface area contributed by atoms with Gasteiger partial charge >= 0.3 is 0 Å². The molecule has 10 heteroatoms. The number of carbonyl (C=O) groups is 1. The summed E-state index contributed by atoms with van der Waals surface area (Å²) in [4.78, 5) is 23.8. The highest BCUT2D eigenvalue weighted by molar-refractivity contribution is 7.92. The molecule has 0 radical (unpaired) electrons. The minimum Gasteiger partial charge on any atom is -0.368 e. The molecule has 1 aliphatic heterocycles. The van der Waals surface area contributed by atoms with Crippen LogP contribution >= 0.6 is 0 Å². The van der Waals surface area contributed by atoms with E-state index < -0.39 is 26.9 Å². The molecule has 0 aliphatic carbocycles. The normalized spacial score (nSPS) is 16.9. The van der Waals surface area contributed by atoms with Crippen LogP contribution in [0.5, 0.6) is 0 Å². The van der Waals surface area contributed by atoms with Crippen LogP contribution in [-0.4, -0.2) is 31.8 Å². The van der Waals surface area contributed by atoms with E-state index >= 15 is 0 Å². The Morgan fingerprint density at radius 3 is 2.56 bits per heavy atom. The van der Waals surface area contributed by atoms with Crippen molar-refractivity contribution in [2.45, 2.75) is 23.8 Å². The van der Waals surface area contributed by atoms with Gasteiger partial charge in [-0.3, -0.25) is 19.6 Å². The van der Waals surface area contributed by atoms with Crippen molar-refractivity contribution in [2.75, 3.05) is 16.2 Å². The van der Waals surface area contributed by atoms with Gasteiger partial charge in [-0.1, -0.05) is 18.2 Å². The van der Waals surface area contributed by atoms with Gasteiger partial charge in [-0.15, -0.1) is 0 Å². The summed E-state index contributed by atoms with van der Waals surface area (Å²) >= 11 is 0. The van der Waals surface area contributed by atoms with Gasteiger partial charge in [-0.05, 0) is 37.1 Å². The van der Waals surface area contributed by atoms with Gasteiger partial charge in [-0.2, -0.15) is 0 Å². The summed E-state index contributed by atoms with van der Waals surface area (Å²) in [5, 5.41) is 11.5. The minimum absolute atomic E-state index is 0.181. The van der Waals surface area contributed by atoms with Gasteiger partial charge in [0.15, 0.2) is 0 Å². The zero-order chi connectivity index (χ0) is 19.6. The van der Waals surface area contributed by atoms with Crippen LogP contribution in [-0.2, 0) is 14.8 Å². The molecule has 27 heavy (non-hydrogen) atoms. The van der Waals surface area contributed by atoms with Gasteiger partial charge in [0.25, 0.3) is 15.7 Å². The number of amides is 1. The molecule has 2 aromatic carbocycles. The van der Waals surface area contributed by atoms with Crippen molar-refractivity contribution in [3.05, 3.63) is 58.6 Å². The summed E-state index contributed by atoms with van der Waals surface area (Å²) in [5.41, 5.74) is 5.52. The molecule has 9 nitrogen and oxygen atoms in total. The third-order valence-corrected chi connectivity index (χ3v) is 5.75. The van der Waals surface area contributed by atoms with Crippen molar-refractivity contribution >= 4 is 33.0 Å². The smallest absolute Gasteiger partial charge is 0.293 e. The fraction of sp³-hybridized carbons (Fsp3) is 0.235. The van der Waals surface area contributed by atoms with E-state index in [1.807, 2.05) is 0 Å². The molecule has 1 amide bonds. The maximum absolute atomic E-state index is 12.6. The van der Waals surface area contributed by atoms with E-state index in [9.17, 15) is 23.3 Å². The molecule has 1 aliphatic rings. The topological polar surface area (TPSA) is 136 Å². The molecule has 1 atom stereocenters. The Kier molecular flexibility index (Phi) is 5.00. The highest BCUT2D eigenvalue weighted by Gasteiger charge is 2.34. The molecule has 3 rings (SSSR count). The molecule has 1 unspecified atom stereocenters. The summed E-state index contributed by atoms with van der Waals surface area (Å²) in [6.07, 6.45) is 1.17. The van der Waals surface area contributed by atoms with Gasteiger partial charge in [0.1, 0.15) is 11.7 Å². The summed E-state index contributed by atoms with van der Waals surface area (Å²) in [7, 11) is -4.00. The van der Waals surface area contributed by atoms with E-state index in [0.29, 0.717) is 25.1 Å². The van der Waals surface area contributed by atoms with Crippen LogP contribution < -0.4 is 15.4 Å². The summed E-state index contributed by atoms with van der Waals surface area (Å²) in [5.74, 6) is -0.566. The standard InChI is InChI=1S/C17H18N4O5S/c18-17(22)15-7-4-10-20(15)14-9-8-13(11-16(14)21(23)24)27(25,26)19-12-5-2-1-3-6-12/h1-3,5-6,8-9,11,15,19H,4,7,10H2,(H2,18,22). The van der Waals surface area contributed by atoms with Crippen LogP contribution in [0.15, 0.2) is 53.4 Å². The maximum Gasteiger partial charge on any atom is 0.293 e. The van der Waals surface area contributed by atoms with Crippen LogP contribution in [0.25, 0.3) is 0 Å². The number of anilines is 2. The first-order valence-electron chi connectivity index (χ1n) is 8.22. The highest BCUT2D eigenvalue weighted by Crippen LogP contribution is 2.35. The summed E-state index contributed by atoms with van der Waals surface area (Å²) < 4.78 is 27.5. The van der Waals surface area contributed by atoms with Crippen molar-refractivity contribution in [3.63, 3.8) is 0 Å². The highest BCUT2D eigenvalue weighted by atomic mass is 32.2. The Balaban J connectivity index is 1.99. The molecule has 0 saturated carbocycles. The lowest BCUT2D eigenvalue weighted by Gasteiger charge is -2.24. The molecule has 0 spiro atoms. The number of nitrogens with zero attached hydrogens (tertiary/aromatic N) is 2. The predicted molar refractivity (Wildman–Crippen MR) is 99.9 cm³/mol. The third-order valence-electron chi connectivity index (χ3n) is 4.37. The van der Waals surface area contributed by atoms with Crippen LogP contribution in [0, 0.1) is 10.1 Å².